The van der Waals surface area contributed by atoms with Crippen molar-refractivity contribution in [1.29, 1.82) is 0 Å². The van der Waals surface area contributed by atoms with E-state index in [-0.39, 0.29) is 30.6 Å². The monoisotopic (exact) mass is 240 g/mol. The molecular weight excluding hydrogens is 230 g/mol. The molecule has 0 spiro atoms. The quantitative estimate of drug-likeness (QED) is 0.845. The normalized spacial score (nSPS) is 10.5. The van der Waals surface area contributed by atoms with Gasteiger partial charge in [-0.15, -0.1) is 5.10 Å². The van der Waals surface area contributed by atoms with Crippen molar-refractivity contribution in [3.05, 3.63) is 41.3 Å². The lowest BCUT2D eigenvalue weighted by Gasteiger charge is -2.04. The summed E-state index contributed by atoms with van der Waals surface area (Å²) in [6, 6.07) is 3.74. The molecule has 0 amide bonds. The van der Waals surface area contributed by atoms with Gasteiger partial charge in [0.15, 0.2) is 0 Å². The third-order valence-electron chi connectivity index (χ3n) is 2.12. The molecule has 0 unspecified atom stereocenters. The lowest BCUT2D eigenvalue weighted by atomic mass is 10.2. The summed E-state index contributed by atoms with van der Waals surface area (Å²) in [7, 11) is 0. The molecule has 0 saturated carbocycles. The molecule has 0 bridgehead atoms. The van der Waals surface area contributed by atoms with Crippen molar-refractivity contribution in [2.75, 3.05) is 5.32 Å². The van der Waals surface area contributed by atoms with E-state index in [4.69, 9.17) is 10.2 Å². The van der Waals surface area contributed by atoms with Gasteiger partial charge in [-0.25, -0.2) is 8.78 Å². The van der Waals surface area contributed by atoms with Crippen LogP contribution in [0.15, 0.2) is 22.6 Å². The fourth-order valence-corrected chi connectivity index (χ4v) is 1.27. The van der Waals surface area contributed by atoms with E-state index in [1.165, 1.54) is 18.2 Å². The van der Waals surface area contributed by atoms with E-state index in [1.54, 1.807) is 0 Å². The molecule has 1 aromatic carbocycles. The van der Waals surface area contributed by atoms with E-state index in [9.17, 15) is 8.78 Å². The lowest BCUT2D eigenvalue weighted by Crippen LogP contribution is -2.04. The van der Waals surface area contributed by atoms with E-state index in [2.05, 4.69) is 15.5 Å². The van der Waals surface area contributed by atoms with E-state index in [0.29, 0.717) is 0 Å². The van der Waals surface area contributed by atoms with Crippen molar-refractivity contribution >= 4 is 6.01 Å². The van der Waals surface area contributed by atoms with E-state index in [1.807, 2.05) is 0 Å². The number of benzene rings is 1. The minimum atomic E-state index is -0.629. The van der Waals surface area contributed by atoms with E-state index < -0.39 is 11.6 Å². The first kappa shape index (κ1) is 11.5. The SMILES string of the molecule is NCc1nnc(NCc2c(F)cccc2F)o1. The summed E-state index contributed by atoms with van der Waals surface area (Å²) in [5, 5.41) is 9.83. The Balaban J connectivity index is 2.07. The zero-order chi connectivity index (χ0) is 12.3. The van der Waals surface area contributed by atoms with E-state index in [0.717, 1.165) is 0 Å². The molecule has 0 saturated heterocycles. The fourth-order valence-electron chi connectivity index (χ4n) is 1.27. The van der Waals surface area contributed by atoms with Crippen LogP contribution in [0.25, 0.3) is 0 Å². The summed E-state index contributed by atoms with van der Waals surface area (Å²) in [6.45, 7) is 0.0352. The Hall–Kier alpha value is -2.02. The first-order chi connectivity index (χ1) is 8.20. The lowest BCUT2D eigenvalue weighted by molar-refractivity contribution is 0.504. The van der Waals surface area contributed by atoms with Crippen molar-refractivity contribution in [2.24, 2.45) is 5.73 Å². The number of anilines is 1. The zero-order valence-electron chi connectivity index (χ0n) is 8.78. The summed E-state index contributed by atoms with van der Waals surface area (Å²) >= 11 is 0. The van der Waals surface area contributed by atoms with Crippen LogP contribution in [0.3, 0.4) is 0 Å². The highest BCUT2D eigenvalue weighted by molar-refractivity contribution is 5.26. The van der Waals surface area contributed by atoms with Crippen molar-refractivity contribution in [2.45, 2.75) is 13.1 Å². The Kier molecular flexibility index (Phi) is 3.29. The Bertz CT molecular complexity index is 495. The molecule has 17 heavy (non-hydrogen) atoms. The minimum Gasteiger partial charge on any atom is -0.407 e. The zero-order valence-corrected chi connectivity index (χ0v) is 8.78. The molecule has 5 nitrogen and oxygen atoms in total. The molecule has 2 aromatic rings. The molecule has 0 fully saturated rings. The summed E-state index contributed by atoms with van der Waals surface area (Å²) in [5.74, 6) is -1.01. The molecule has 7 heteroatoms. The van der Waals surface area contributed by atoms with Gasteiger partial charge < -0.3 is 15.5 Å². The van der Waals surface area contributed by atoms with Gasteiger partial charge >= 0.3 is 6.01 Å². The van der Waals surface area contributed by atoms with Crippen LogP contribution in [-0.2, 0) is 13.1 Å². The highest BCUT2D eigenvalue weighted by Crippen LogP contribution is 2.14. The van der Waals surface area contributed by atoms with Gasteiger partial charge in [-0.1, -0.05) is 11.2 Å². The van der Waals surface area contributed by atoms with Crippen molar-refractivity contribution in [1.82, 2.24) is 10.2 Å². The maximum absolute atomic E-state index is 13.3. The fraction of sp³-hybridized carbons (Fsp3) is 0.200. The summed E-state index contributed by atoms with van der Waals surface area (Å²) in [4.78, 5) is 0. The largest absolute Gasteiger partial charge is 0.407 e. The number of hydrogen-bond acceptors (Lipinski definition) is 5. The molecule has 1 aromatic heterocycles. The van der Waals surface area contributed by atoms with Crippen LogP contribution in [0.4, 0.5) is 14.8 Å². The number of halogens is 2. The maximum Gasteiger partial charge on any atom is 0.315 e. The topological polar surface area (TPSA) is 77.0 Å². The van der Waals surface area contributed by atoms with Crippen LogP contribution < -0.4 is 11.1 Å². The third-order valence-corrected chi connectivity index (χ3v) is 2.12. The molecule has 2 rings (SSSR count). The van der Waals surface area contributed by atoms with Crippen LogP contribution in [-0.4, -0.2) is 10.2 Å². The molecule has 0 aliphatic rings. The summed E-state index contributed by atoms with van der Waals surface area (Å²) in [6.07, 6.45) is 0. The Morgan fingerprint density at radius 3 is 2.53 bits per heavy atom. The van der Waals surface area contributed by atoms with Gasteiger partial charge in [-0.05, 0) is 12.1 Å². The molecule has 0 aliphatic heterocycles. The Morgan fingerprint density at radius 1 is 1.24 bits per heavy atom. The van der Waals surface area contributed by atoms with Crippen LogP contribution in [0.2, 0.25) is 0 Å². The standard InChI is InChI=1S/C10H10F2N4O/c11-7-2-1-3-8(12)6(7)5-14-10-16-15-9(4-13)17-10/h1-3H,4-5,13H2,(H,14,16). The Morgan fingerprint density at radius 2 is 1.94 bits per heavy atom. The van der Waals surface area contributed by atoms with Gasteiger partial charge in [0, 0.05) is 5.56 Å². The summed E-state index contributed by atoms with van der Waals surface area (Å²) < 4.78 is 31.5. The third kappa shape index (κ3) is 2.56. The van der Waals surface area contributed by atoms with Crippen molar-refractivity contribution in [3.8, 4) is 0 Å². The van der Waals surface area contributed by atoms with Crippen molar-refractivity contribution in [3.63, 3.8) is 0 Å². The molecule has 1 heterocycles. The number of nitrogens with two attached hydrogens (primary N) is 1. The van der Waals surface area contributed by atoms with Gasteiger partial charge in [0.25, 0.3) is 0 Å². The second-order valence-corrected chi connectivity index (χ2v) is 3.26. The van der Waals surface area contributed by atoms with Gasteiger partial charge in [-0.3, -0.25) is 0 Å². The number of hydrogen-bond donors (Lipinski definition) is 2. The van der Waals surface area contributed by atoms with Gasteiger partial charge in [0.05, 0.1) is 13.1 Å². The molecule has 3 N–H and O–H groups in total. The van der Waals surface area contributed by atoms with Crippen LogP contribution in [0.5, 0.6) is 0 Å². The molecule has 0 aliphatic carbocycles. The van der Waals surface area contributed by atoms with Gasteiger partial charge in [0.2, 0.25) is 5.89 Å². The summed E-state index contributed by atoms with van der Waals surface area (Å²) in [5.41, 5.74) is 5.19. The van der Waals surface area contributed by atoms with Crippen molar-refractivity contribution < 1.29 is 13.2 Å². The predicted molar refractivity (Wildman–Crippen MR) is 55.9 cm³/mol. The number of rotatable bonds is 4. The molecule has 0 radical (unpaired) electrons. The van der Waals surface area contributed by atoms with Gasteiger partial charge in [-0.2, -0.15) is 0 Å². The number of nitrogens with one attached hydrogen (secondary N) is 1. The van der Waals surface area contributed by atoms with Crippen LogP contribution in [0.1, 0.15) is 11.5 Å². The minimum absolute atomic E-state index is 0.0769. The maximum atomic E-state index is 13.3. The first-order valence-corrected chi connectivity index (χ1v) is 4.90. The molecule has 90 valence electrons. The predicted octanol–water partition coefficient (Wildman–Crippen LogP) is 1.42. The molecular formula is C10H10F2N4O. The van der Waals surface area contributed by atoms with Gasteiger partial charge in [0.1, 0.15) is 11.6 Å². The Labute approximate surface area is 95.6 Å². The molecule has 0 atom stereocenters. The van der Waals surface area contributed by atoms with Crippen LogP contribution >= 0.6 is 0 Å². The highest BCUT2D eigenvalue weighted by Gasteiger charge is 2.10. The highest BCUT2D eigenvalue weighted by atomic mass is 19.1. The average molecular weight is 240 g/mol. The number of nitrogens with zero attached hydrogens (tertiary/aromatic N) is 2. The second-order valence-electron chi connectivity index (χ2n) is 3.26. The first-order valence-electron chi connectivity index (χ1n) is 4.90. The smallest absolute Gasteiger partial charge is 0.315 e. The van der Waals surface area contributed by atoms with Crippen LogP contribution in [0, 0.1) is 11.6 Å². The van der Waals surface area contributed by atoms with E-state index >= 15 is 0 Å². The second kappa shape index (κ2) is 4.88. The average Bonchev–Trinajstić information content (AvgIpc) is 2.76. The number of aromatic nitrogens is 2.